The van der Waals surface area contributed by atoms with Crippen LogP contribution in [0.2, 0.25) is 5.02 Å². The van der Waals surface area contributed by atoms with E-state index in [1.54, 1.807) is 23.3 Å². The minimum atomic E-state index is -0.140. The number of anilines is 1. The van der Waals surface area contributed by atoms with E-state index in [0.29, 0.717) is 10.2 Å². The molecule has 2 aromatic rings. The first kappa shape index (κ1) is 16.3. The van der Waals surface area contributed by atoms with Gasteiger partial charge in [-0.15, -0.1) is 11.3 Å². The van der Waals surface area contributed by atoms with Crippen LogP contribution in [-0.4, -0.2) is 23.0 Å². The lowest BCUT2D eigenvalue weighted by Gasteiger charge is -2.25. The summed E-state index contributed by atoms with van der Waals surface area (Å²) in [6.45, 7) is 2.00. The first-order valence-corrected chi connectivity index (χ1v) is 9.02. The molecule has 0 saturated carbocycles. The number of aromatic nitrogens is 1. The zero-order chi connectivity index (χ0) is 16.4. The number of fused-ring (bicyclic) bond motifs is 1. The van der Waals surface area contributed by atoms with Crippen LogP contribution in [-0.2, 0) is 12.8 Å². The van der Waals surface area contributed by atoms with Gasteiger partial charge in [0.1, 0.15) is 0 Å². The minimum Gasteiger partial charge on any atom is -0.321 e. The molecule has 122 valence electrons. The van der Waals surface area contributed by atoms with Gasteiger partial charge in [0.25, 0.3) is 0 Å². The second-order valence-corrected chi connectivity index (χ2v) is 7.38. The Labute approximate surface area is 145 Å². The molecule has 1 aliphatic rings. The fourth-order valence-corrected chi connectivity index (χ4v) is 3.89. The summed E-state index contributed by atoms with van der Waals surface area (Å²) in [6, 6.07) is 7.39. The third kappa shape index (κ3) is 3.67. The highest BCUT2D eigenvalue weighted by Crippen LogP contribution is 2.30. The summed E-state index contributed by atoms with van der Waals surface area (Å²) in [6.07, 6.45) is 4.52. The molecule has 1 aromatic carbocycles. The molecule has 6 heteroatoms. The second-order valence-electron chi connectivity index (χ2n) is 5.86. The van der Waals surface area contributed by atoms with Gasteiger partial charge in [0.05, 0.1) is 11.7 Å². The van der Waals surface area contributed by atoms with E-state index in [1.165, 1.54) is 17.7 Å². The minimum absolute atomic E-state index is 0.0400. The van der Waals surface area contributed by atoms with Crippen molar-refractivity contribution in [2.45, 2.75) is 38.6 Å². The number of nitrogens with one attached hydrogen (secondary N) is 1. The molecule has 0 unspecified atom stereocenters. The van der Waals surface area contributed by atoms with Crippen molar-refractivity contribution in [3.05, 3.63) is 45.4 Å². The molecule has 4 nitrogen and oxygen atoms in total. The molecular weight excluding hydrogens is 330 g/mol. The van der Waals surface area contributed by atoms with Gasteiger partial charge >= 0.3 is 6.03 Å². The van der Waals surface area contributed by atoms with Crippen molar-refractivity contribution in [1.29, 1.82) is 0 Å². The number of rotatable bonds is 3. The molecule has 1 atom stereocenters. The summed E-state index contributed by atoms with van der Waals surface area (Å²) in [5, 5.41) is 4.33. The predicted molar refractivity (Wildman–Crippen MR) is 95.4 cm³/mol. The monoisotopic (exact) mass is 349 g/mol. The third-order valence-electron chi connectivity index (χ3n) is 4.31. The smallest absolute Gasteiger partial charge is 0.321 e. The largest absolute Gasteiger partial charge is 0.323 e. The summed E-state index contributed by atoms with van der Waals surface area (Å²) >= 11 is 7.52. The van der Waals surface area contributed by atoms with Gasteiger partial charge in [-0.3, -0.25) is 5.32 Å². The van der Waals surface area contributed by atoms with E-state index in [9.17, 15) is 4.79 Å². The topological polar surface area (TPSA) is 45.2 Å². The van der Waals surface area contributed by atoms with E-state index < -0.39 is 0 Å². The van der Waals surface area contributed by atoms with E-state index >= 15 is 0 Å². The number of halogens is 1. The van der Waals surface area contributed by atoms with E-state index in [2.05, 4.69) is 10.3 Å². The maximum absolute atomic E-state index is 12.5. The molecule has 23 heavy (non-hydrogen) atoms. The Morgan fingerprint density at radius 3 is 2.70 bits per heavy atom. The van der Waals surface area contributed by atoms with Gasteiger partial charge in [-0.05, 0) is 50.3 Å². The Bertz CT molecular complexity index is 675. The Morgan fingerprint density at radius 1 is 1.30 bits per heavy atom. The molecule has 0 bridgehead atoms. The Hall–Kier alpha value is -1.59. The molecule has 0 radical (unpaired) electrons. The molecule has 1 aliphatic carbocycles. The quantitative estimate of drug-likeness (QED) is 0.856. The average molecular weight is 350 g/mol. The SMILES string of the molecule is C[C@@H](c1ccc(Cl)cc1)N(C)C(=O)Nc1nc2c(s1)CCCC2. The predicted octanol–water partition coefficient (Wildman–Crippen LogP) is 4.90. The zero-order valence-electron chi connectivity index (χ0n) is 13.3. The fourth-order valence-electron chi connectivity index (χ4n) is 2.73. The lowest BCUT2D eigenvalue weighted by Crippen LogP contribution is -2.33. The van der Waals surface area contributed by atoms with Crippen molar-refractivity contribution < 1.29 is 4.79 Å². The summed E-state index contributed by atoms with van der Waals surface area (Å²) < 4.78 is 0. The van der Waals surface area contributed by atoms with Gasteiger partial charge in [0.15, 0.2) is 5.13 Å². The molecule has 1 N–H and O–H groups in total. The summed E-state index contributed by atoms with van der Waals surface area (Å²) in [5.41, 5.74) is 2.20. The number of carbonyl (C=O) groups excluding carboxylic acids is 1. The number of benzene rings is 1. The lowest BCUT2D eigenvalue weighted by molar-refractivity contribution is 0.208. The first-order valence-electron chi connectivity index (χ1n) is 7.82. The summed E-state index contributed by atoms with van der Waals surface area (Å²) in [5.74, 6) is 0. The van der Waals surface area contributed by atoms with Crippen LogP contribution in [0.25, 0.3) is 0 Å². The van der Waals surface area contributed by atoms with Gasteiger partial charge in [0.2, 0.25) is 0 Å². The molecule has 0 aliphatic heterocycles. The highest BCUT2D eigenvalue weighted by Gasteiger charge is 2.20. The van der Waals surface area contributed by atoms with E-state index in [-0.39, 0.29) is 12.1 Å². The Balaban J connectivity index is 1.67. The van der Waals surface area contributed by atoms with E-state index in [4.69, 9.17) is 11.6 Å². The number of hydrogen-bond acceptors (Lipinski definition) is 3. The van der Waals surface area contributed by atoms with Gasteiger partial charge < -0.3 is 4.90 Å². The van der Waals surface area contributed by atoms with Crippen LogP contribution < -0.4 is 5.32 Å². The molecule has 0 fully saturated rings. The number of nitrogens with zero attached hydrogens (tertiary/aromatic N) is 2. The summed E-state index contributed by atoms with van der Waals surface area (Å²) in [7, 11) is 1.79. The molecule has 2 amide bonds. The van der Waals surface area contributed by atoms with Crippen molar-refractivity contribution in [3.8, 4) is 0 Å². The van der Waals surface area contributed by atoms with Crippen LogP contribution in [0, 0.1) is 0 Å². The van der Waals surface area contributed by atoms with Gasteiger partial charge in [-0.1, -0.05) is 23.7 Å². The maximum atomic E-state index is 12.5. The van der Waals surface area contributed by atoms with Crippen molar-refractivity contribution >= 4 is 34.1 Å². The average Bonchev–Trinajstić information content (AvgIpc) is 2.96. The molecule has 1 aromatic heterocycles. The van der Waals surface area contributed by atoms with Crippen LogP contribution in [0.3, 0.4) is 0 Å². The fraction of sp³-hybridized carbons (Fsp3) is 0.412. The van der Waals surface area contributed by atoms with Crippen molar-refractivity contribution in [2.24, 2.45) is 0 Å². The van der Waals surface area contributed by atoms with Gasteiger partial charge in [-0.2, -0.15) is 0 Å². The molecule has 0 saturated heterocycles. The van der Waals surface area contributed by atoms with Crippen LogP contribution in [0.15, 0.2) is 24.3 Å². The van der Waals surface area contributed by atoms with Crippen LogP contribution in [0.1, 0.15) is 41.9 Å². The number of amides is 2. The van der Waals surface area contributed by atoms with E-state index in [0.717, 1.165) is 24.1 Å². The molecule has 0 spiro atoms. The van der Waals surface area contributed by atoms with Gasteiger partial charge in [-0.25, -0.2) is 9.78 Å². The molecular formula is C17H20ClN3OS. The van der Waals surface area contributed by atoms with Crippen LogP contribution in [0.5, 0.6) is 0 Å². The third-order valence-corrected chi connectivity index (χ3v) is 5.64. The number of carbonyl (C=O) groups is 1. The van der Waals surface area contributed by atoms with Gasteiger partial charge in [0, 0.05) is 16.9 Å². The molecule has 1 heterocycles. The van der Waals surface area contributed by atoms with Crippen LogP contribution in [0.4, 0.5) is 9.93 Å². The maximum Gasteiger partial charge on any atom is 0.323 e. The standard InChI is InChI=1S/C17H20ClN3OS/c1-11(12-7-9-13(18)10-8-12)21(2)17(22)20-16-19-14-5-3-4-6-15(14)23-16/h7-11H,3-6H2,1-2H3,(H,19,20,22)/t11-/m0/s1. The van der Waals surface area contributed by atoms with Crippen molar-refractivity contribution in [2.75, 3.05) is 12.4 Å². The Kier molecular flexibility index (Phi) is 4.87. The highest BCUT2D eigenvalue weighted by molar-refractivity contribution is 7.15. The normalized spacial score (nSPS) is 14.9. The number of urea groups is 1. The van der Waals surface area contributed by atoms with Crippen molar-refractivity contribution in [3.63, 3.8) is 0 Å². The zero-order valence-corrected chi connectivity index (χ0v) is 14.9. The highest BCUT2D eigenvalue weighted by atomic mass is 35.5. The number of hydrogen-bond donors (Lipinski definition) is 1. The number of aryl methyl sites for hydroxylation is 2. The first-order chi connectivity index (χ1) is 11.0. The summed E-state index contributed by atoms with van der Waals surface area (Å²) in [4.78, 5) is 20.0. The second kappa shape index (κ2) is 6.89. The Morgan fingerprint density at radius 2 is 2.00 bits per heavy atom. The molecule has 3 rings (SSSR count). The van der Waals surface area contributed by atoms with Crippen molar-refractivity contribution in [1.82, 2.24) is 9.88 Å². The van der Waals surface area contributed by atoms with E-state index in [1.807, 2.05) is 31.2 Å². The van der Waals surface area contributed by atoms with Crippen LogP contribution >= 0.6 is 22.9 Å². The number of thiazole rings is 1. The lowest BCUT2D eigenvalue weighted by atomic mass is 10.0.